The molecule has 0 fully saturated rings. The molecule has 0 radical (unpaired) electrons. The molecule has 0 aliphatic heterocycles. The van der Waals surface area contributed by atoms with Crippen molar-refractivity contribution in [1.29, 1.82) is 0 Å². The maximum absolute atomic E-state index is 11.7. The molecule has 2 rings (SSSR count). The van der Waals surface area contributed by atoms with E-state index in [9.17, 15) is 4.79 Å². The summed E-state index contributed by atoms with van der Waals surface area (Å²) in [6.45, 7) is 3.75. The van der Waals surface area contributed by atoms with Gasteiger partial charge in [-0.2, -0.15) is 0 Å². The highest BCUT2D eigenvalue weighted by Gasteiger charge is 2.21. The summed E-state index contributed by atoms with van der Waals surface area (Å²) >= 11 is 7.33. The SMILES string of the molecule is COC(=O)c1scc(C)c1-c1ncnc(Cl)c1C. The monoisotopic (exact) mass is 282 g/mol. The molecule has 0 unspecified atom stereocenters. The van der Waals surface area contributed by atoms with E-state index in [1.807, 2.05) is 19.2 Å². The van der Waals surface area contributed by atoms with Gasteiger partial charge in [-0.1, -0.05) is 11.6 Å². The molecule has 0 bridgehead atoms. The minimum absolute atomic E-state index is 0.364. The summed E-state index contributed by atoms with van der Waals surface area (Å²) in [4.78, 5) is 20.4. The van der Waals surface area contributed by atoms with E-state index < -0.39 is 0 Å². The zero-order valence-electron chi connectivity index (χ0n) is 10.2. The Morgan fingerprint density at radius 1 is 1.39 bits per heavy atom. The fourth-order valence-electron chi connectivity index (χ4n) is 1.66. The van der Waals surface area contributed by atoms with Gasteiger partial charge in [-0.3, -0.25) is 0 Å². The maximum Gasteiger partial charge on any atom is 0.348 e. The molecule has 6 heteroatoms. The van der Waals surface area contributed by atoms with Gasteiger partial charge in [0.1, 0.15) is 16.4 Å². The van der Waals surface area contributed by atoms with Gasteiger partial charge in [-0.15, -0.1) is 11.3 Å². The van der Waals surface area contributed by atoms with Crippen molar-refractivity contribution in [3.8, 4) is 11.3 Å². The molecule has 0 aliphatic rings. The number of methoxy groups -OCH3 is 1. The number of carbonyl (C=O) groups excluding carboxylic acids is 1. The van der Waals surface area contributed by atoms with E-state index in [-0.39, 0.29) is 5.97 Å². The van der Waals surface area contributed by atoms with E-state index in [0.717, 1.165) is 16.7 Å². The van der Waals surface area contributed by atoms with Crippen LogP contribution < -0.4 is 0 Å². The molecule has 0 atom stereocenters. The summed E-state index contributed by atoms with van der Waals surface area (Å²) in [7, 11) is 1.36. The summed E-state index contributed by atoms with van der Waals surface area (Å²) in [5.41, 5.74) is 3.17. The Morgan fingerprint density at radius 3 is 2.78 bits per heavy atom. The van der Waals surface area contributed by atoms with E-state index in [1.165, 1.54) is 24.8 Å². The third-order valence-corrected chi connectivity index (χ3v) is 4.06. The topological polar surface area (TPSA) is 52.1 Å². The summed E-state index contributed by atoms with van der Waals surface area (Å²) in [5.74, 6) is -0.364. The van der Waals surface area contributed by atoms with E-state index in [4.69, 9.17) is 16.3 Å². The molecular weight excluding hydrogens is 272 g/mol. The smallest absolute Gasteiger partial charge is 0.348 e. The minimum Gasteiger partial charge on any atom is -0.465 e. The number of carbonyl (C=O) groups is 1. The van der Waals surface area contributed by atoms with E-state index in [2.05, 4.69) is 9.97 Å². The highest BCUT2D eigenvalue weighted by Crippen LogP contribution is 2.34. The van der Waals surface area contributed by atoms with Gasteiger partial charge in [0.05, 0.1) is 12.8 Å². The zero-order valence-corrected chi connectivity index (χ0v) is 11.7. The summed E-state index contributed by atoms with van der Waals surface area (Å²) < 4.78 is 4.78. The van der Waals surface area contributed by atoms with Crippen LogP contribution in [0, 0.1) is 13.8 Å². The molecule has 94 valence electrons. The predicted molar refractivity (Wildman–Crippen MR) is 71.2 cm³/mol. The van der Waals surface area contributed by atoms with Crippen LogP contribution in [0.4, 0.5) is 0 Å². The molecular formula is C12H11ClN2O2S. The Morgan fingerprint density at radius 2 is 2.11 bits per heavy atom. The minimum atomic E-state index is -0.364. The van der Waals surface area contributed by atoms with Gasteiger partial charge in [0, 0.05) is 11.1 Å². The van der Waals surface area contributed by atoms with Crippen LogP contribution in [-0.2, 0) is 4.74 Å². The number of thiophene rings is 1. The first-order valence-corrected chi connectivity index (χ1v) is 6.46. The van der Waals surface area contributed by atoms with Gasteiger partial charge < -0.3 is 4.74 Å². The molecule has 0 amide bonds. The Bertz CT molecular complexity index is 610. The number of nitrogens with zero attached hydrogens (tertiary/aromatic N) is 2. The third-order valence-electron chi connectivity index (χ3n) is 2.61. The number of rotatable bonds is 2. The molecule has 0 saturated heterocycles. The first kappa shape index (κ1) is 13.0. The fraction of sp³-hybridized carbons (Fsp3) is 0.250. The highest BCUT2D eigenvalue weighted by molar-refractivity contribution is 7.12. The van der Waals surface area contributed by atoms with Crippen LogP contribution in [0.5, 0.6) is 0 Å². The Hall–Kier alpha value is -1.46. The average molecular weight is 283 g/mol. The average Bonchev–Trinajstić information content (AvgIpc) is 2.74. The van der Waals surface area contributed by atoms with Crippen molar-refractivity contribution < 1.29 is 9.53 Å². The van der Waals surface area contributed by atoms with Crippen LogP contribution >= 0.6 is 22.9 Å². The van der Waals surface area contributed by atoms with Crippen molar-refractivity contribution in [2.24, 2.45) is 0 Å². The van der Waals surface area contributed by atoms with Crippen molar-refractivity contribution in [2.75, 3.05) is 7.11 Å². The van der Waals surface area contributed by atoms with Crippen molar-refractivity contribution >= 4 is 28.9 Å². The summed E-state index contributed by atoms with van der Waals surface area (Å²) in [6.07, 6.45) is 1.39. The van der Waals surface area contributed by atoms with Gasteiger partial charge in [0.25, 0.3) is 0 Å². The van der Waals surface area contributed by atoms with E-state index >= 15 is 0 Å². The Kier molecular flexibility index (Phi) is 3.63. The number of aryl methyl sites for hydroxylation is 1. The lowest BCUT2D eigenvalue weighted by Gasteiger charge is -2.07. The van der Waals surface area contributed by atoms with Gasteiger partial charge in [0.2, 0.25) is 0 Å². The number of hydrogen-bond acceptors (Lipinski definition) is 5. The number of aromatic nitrogens is 2. The molecule has 0 saturated carbocycles. The van der Waals surface area contributed by atoms with Crippen molar-refractivity contribution in [3.05, 3.63) is 32.9 Å². The quantitative estimate of drug-likeness (QED) is 0.627. The lowest BCUT2D eigenvalue weighted by Crippen LogP contribution is -2.02. The van der Waals surface area contributed by atoms with Crippen LogP contribution in [0.1, 0.15) is 20.8 Å². The van der Waals surface area contributed by atoms with Crippen LogP contribution in [0.3, 0.4) is 0 Å². The third kappa shape index (κ3) is 2.11. The van der Waals surface area contributed by atoms with Crippen LogP contribution in [0.15, 0.2) is 11.7 Å². The predicted octanol–water partition coefficient (Wildman–Crippen LogP) is 3.26. The van der Waals surface area contributed by atoms with Crippen LogP contribution in [0.2, 0.25) is 5.15 Å². The first-order valence-electron chi connectivity index (χ1n) is 5.20. The molecule has 0 spiro atoms. The molecule has 2 heterocycles. The second-order valence-electron chi connectivity index (χ2n) is 3.75. The van der Waals surface area contributed by atoms with E-state index in [1.54, 1.807) is 0 Å². The summed E-state index contributed by atoms with van der Waals surface area (Å²) in [6, 6.07) is 0. The molecule has 0 N–H and O–H groups in total. The number of esters is 1. The molecule has 0 aliphatic carbocycles. The molecule has 2 aromatic rings. The standard InChI is InChI=1S/C12H11ClN2O2S/c1-6-4-18-10(12(16)17-3)8(6)9-7(2)11(13)15-5-14-9/h4-5H,1-3H3. The molecule has 2 aromatic heterocycles. The molecule has 18 heavy (non-hydrogen) atoms. The largest absolute Gasteiger partial charge is 0.465 e. The number of ether oxygens (including phenoxy) is 1. The number of halogens is 1. The van der Waals surface area contributed by atoms with Crippen molar-refractivity contribution in [2.45, 2.75) is 13.8 Å². The second-order valence-corrected chi connectivity index (χ2v) is 4.99. The van der Waals surface area contributed by atoms with Crippen LogP contribution in [-0.4, -0.2) is 23.0 Å². The van der Waals surface area contributed by atoms with Gasteiger partial charge in [-0.05, 0) is 24.8 Å². The van der Waals surface area contributed by atoms with Crippen molar-refractivity contribution in [3.63, 3.8) is 0 Å². The number of hydrogen-bond donors (Lipinski definition) is 0. The molecule has 0 aromatic carbocycles. The first-order chi connectivity index (χ1) is 8.56. The highest BCUT2D eigenvalue weighted by atomic mass is 35.5. The zero-order chi connectivity index (χ0) is 13.3. The van der Waals surface area contributed by atoms with Crippen LogP contribution in [0.25, 0.3) is 11.3 Å². The Labute approximate surface area is 114 Å². The second kappa shape index (κ2) is 5.04. The molecule has 4 nitrogen and oxygen atoms in total. The van der Waals surface area contributed by atoms with Gasteiger partial charge >= 0.3 is 5.97 Å². The van der Waals surface area contributed by atoms with Gasteiger partial charge in [0.15, 0.2) is 0 Å². The normalized spacial score (nSPS) is 10.4. The maximum atomic E-state index is 11.7. The van der Waals surface area contributed by atoms with Gasteiger partial charge in [-0.25, -0.2) is 14.8 Å². The lowest BCUT2D eigenvalue weighted by molar-refractivity contribution is 0.0607. The fourth-order valence-corrected chi connectivity index (χ4v) is 2.76. The lowest BCUT2D eigenvalue weighted by atomic mass is 10.0. The summed E-state index contributed by atoms with van der Waals surface area (Å²) in [5, 5.41) is 2.29. The van der Waals surface area contributed by atoms with E-state index in [0.29, 0.717) is 15.7 Å². The Balaban J connectivity index is 2.67. The van der Waals surface area contributed by atoms with Crippen molar-refractivity contribution in [1.82, 2.24) is 9.97 Å².